The van der Waals surface area contributed by atoms with Crippen LogP contribution in [0.25, 0.3) is 121 Å². The first kappa shape index (κ1) is 40.8. The van der Waals surface area contributed by atoms with Crippen molar-refractivity contribution in [3.8, 4) is 89.0 Å². The summed E-state index contributed by atoms with van der Waals surface area (Å²) in [5.74, 6) is -0.671. The van der Waals surface area contributed by atoms with Gasteiger partial charge in [0.2, 0.25) is 0 Å². The largest absolute Gasteiger partial charge is 0.206 e. The average molecular weight is 873 g/mol. The summed E-state index contributed by atoms with van der Waals surface area (Å²) < 4.78 is 34.3. The molecule has 0 aliphatic carbocycles. The van der Waals surface area contributed by atoms with Gasteiger partial charge in [0.1, 0.15) is 11.6 Å². The Morgan fingerprint density at radius 3 is 0.794 bits per heavy atom. The number of hydrogen-bond acceptors (Lipinski definition) is 0. The fourth-order valence-corrected chi connectivity index (χ4v) is 10.3. The van der Waals surface area contributed by atoms with Crippen molar-refractivity contribution in [3.63, 3.8) is 0 Å². The number of fused-ring (bicyclic) bond motifs is 3. The number of rotatable bonds is 8. The van der Waals surface area contributed by atoms with Crippen molar-refractivity contribution in [2.75, 3.05) is 0 Å². The van der Waals surface area contributed by atoms with E-state index in [1.54, 1.807) is 24.3 Å². The Labute approximate surface area is 394 Å². The highest BCUT2D eigenvalue weighted by Gasteiger charge is 2.28. The minimum absolute atomic E-state index is 0.336. The Balaban J connectivity index is 1.34. The van der Waals surface area contributed by atoms with Gasteiger partial charge in [0.25, 0.3) is 0 Å². The van der Waals surface area contributed by atoms with E-state index in [1.165, 1.54) is 0 Å². The zero-order valence-corrected chi connectivity index (χ0v) is 37.0. The van der Waals surface area contributed by atoms with Crippen LogP contribution in [0.4, 0.5) is 8.78 Å². The molecule has 0 atom stereocenters. The lowest BCUT2D eigenvalue weighted by atomic mass is 9.76. The first-order valence-corrected chi connectivity index (χ1v) is 23.0. The molecule has 320 valence electrons. The first-order valence-electron chi connectivity index (χ1n) is 23.0. The molecule has 0 spiro atoms. The van der Waals surface area contributed by atoms with Gasteiger partial charge in [-0.25, -0.2) is 8.78 Å². The normalized spacial score (nSPS) is 11.4. The van der Waals surface area contributed by atoms with Gasteiger partial charge < -0.3 is 0 Å². The summed E-state index contributed by atoms with van der Waals surface area (Å²) >= 11 is 0. The molecule has 68 heavy (non-hydrogen) atoms. The Kier molecular flexibility index (Phi) is 10.3. The molecule has 0 heterocycles. The van der Waals surface area contributed by atoms with Gasteiger partial charge in [0.15, 0.2) is 0 Å². The summed E-state index contributed by atoms with van der Waals surface area (Å²) in [4.78, 5) is 0. The third-order valence-electron chi connectivity index (χ3n) is 13.4. The second-order valence-electron chi connectivity index (χ2n) is 17.3. The Bertz CT molecular complexity index is 3550. The minimum atomic E-state index is -0.336. The van der Waals surface area contributed by atoms with E-state index < -0.39 is 0 Å². The molecule has 0 aliphatic heterocycles. The Morgan fingerprint density at radius 2 is 0.456 bits per heavy atom. The Morgan fingerprint density at radius 1 is 0.191 bits per heavy atom. The van der Waals surface area contributed by atoms with Gasteiger partial charge in [-0.1, -0.05) is 231 Å². The number of benzene rings is 12. The molecule has 0 saturated carbocycles. The van der Waals surface area contributed by atoms with Crippen molar-refractivity contribution in [3.05, 3.63) is 266 Å². The molecule has 12 rings (SSSR count). The van der Waals surface area contributed by atoms with Crippen LogP contribution in [0.1, 0.15) is 0 Å². The molecule has 0 nitrogen and oxygen atoms in total. The van der Waals surface area contributed by atoms with Crippen molar-refractivity contribution >= 4 is 32.3 Å². The maximum absolute atomic E-state index is 17.1. The maximum atomic E-state index is 17.1. The molecule has 0 saturated heterocycles. The summed E-state index contributed by atoms with van der Waals surface area (Å²) in [6.45, 7) is 0. The molecule has 0 amide bonds. The highest BCUT2D eigenvalue weighted by atomic mass is 19.1. The lowest BCUT2D eigenvalue weighted by Gasteiger charge is -2.26. The predicted octanol–water partition coefficient (Wildman–Crippen LogP) is 18.8. The minimum Gasteiger partial charge on any atom is -0.206 e. The highest BCUT2D eigenvalue weighted by molar-refractivity contribution is 6.34. The van der Waals surface area contributed by atoms with E-state index in [2.05, 4.69) is 158 Å². The smallest absolute Gasteiger partial charge is 0.131 e. The zero-order valence-electron chi connectivity index (χ0n) is 37.0. The molecule has 0 radical (unpaired) electrons. The highest BCUT2D eigenvalue weighted by Crippen LogP contribution is 2.55. The van der Waals surface area contributed by atoms with Crippen molar-refractivity contribution in [1.82, 2.24) is 0 Å². The molecule has 0 N–H and O–H groups in total. The fourth-order valence-electron chi connectivity index (χ4n) is 10.3. The second-order valence-corrected chi connectivity index (χ2v) is 17.3. The molecular weight excluding hydrogens is 831 g/mol. The van der Waals surface area contributed by atoms with Crippen LogP contribution in [0.5, 0.6) is 0 Å². The summed E-state index contributed by atoms with van der Waals surface area (Å²) in [5.41, 5.74) is 14.8. The summed E-state index contributed by atoms with van der Waals surface area (Å²) in [7, 11) is 0. The van der Waals surface area contributed by atoms with E-state index in [1.807, 2.05) is 72.8 Å². The molecule has 12 aromatic carbocycles. The van der Waals surface area contributed by atoms with E-state index in [4.69, 9.17) is 0 Å². The van der Waals surface area contributed by atoms with Crippen LogP contribution in [-0.2, 0) is 0 Å². The molecule has 0 fully saturated rings. The Hall–Kier alpha value is -8.72. The third-order valence-corrected chi connectivity index (χ3v) is 13.4. The molecule has 0 bridgehead atoms. The van der Waals surface area contributed by atoms with Gasteiger partial charge in [-0.05, 0) is 123 Å². The van der Waals surface area contributed by atoms with Crippen molar-refractivity contribution in [1.29, 1.82) is 0 Å². The van der Waals surface area contributed by atoms with E-state index in [0.29, 0.717) is 11.1 Å². The van der Waals surface area contributed by atoms with Crippen LogP contribution < -0.4 is 0 Å². The standard InChI is InChI=1S/C66H42F2/c67-59-27-15-13-25-55(59)63-58-42-52(46-23-11-4-12-24-46)38-40-54(58)62(50-35-31-48(32-36-50)44-19-7-2-8-20-44)66-64(56-26-14-16-28-60(56)68)57-41-51(45-21-9-3-10-22-45)37-39-53(57)61(65(63)66)49-33-29-47(30-34-49)43-17-5-1-6-18-43/h1-42H. The molecule has 2 heteroatoms. The second kappa shape index (κ2) is 17.3. The van der Waals surface area contributed by atoms with Gasteiger partial charge in [0.05, 0.1) is 0 Å². The van der Waals surface area contributed by atoms with Crippen LogP contribution >= 0.6 is 0 Å². The first-order chi connectivity index (χ1) is 33.6. The topological polar surface area (TPSA) is 0 Å². The van der Waals surface area contributed by atoms with Crippen molar-refractivity contribution in [2.24, 2.45) is 0 Å². The van der Waals surface area contributed by atoms with Crippen molar-refractivity contribution < 1.29 is 8.78 Å². The lowest BCUT2D eigenvalue weighted by Crippen LogP contribution is -2.00. The molecule has 0 aromatic heterocycles. The van der Waals surface area contributed by atoms with Crippen LogP contribution in [0, 0.1) is 11.6 Å². The molecular formula is C66H42F2. The van der Waals surface area contributed by atoms with Gasteiger partial charge in [0, 0.05) is 22.3 Å². The SMILES string of the molecule is Fc1ccccc1-c1c2cc(-c3ccccc3)ccc2c(-c2ccc(-c3ccccc3)cc2)c2c(-c3ccccc3F)c3cc(-c4ccccc4)ccc3c(-c3ccc(-c4ccccc4)cc3)c12. The van der Waals surface area contributed by atoms with Gasteiger partial charge in [-0.2, -0.15) is 0 Å². The molecule has 0 unspecified atom stereocenters. The average Bonchev–Trinajstić information content (AvgIpc) is 3.41. The maximum Gasteiger partial charge on any atom is 0.131 e. The van der Waals surface area contributed by atoms with Gasteiger partial charge in [-0.3, -0.25) is 0 Å². The van der Waals surface area contributed by atoms with E-state index >= 15 is 8.78 Å². The molecule has 12 aromatic rings. The van der Waals surface area contributed by atoms with Crippen molar-refractivity contribution in [2.45, 2.75) is 0 Å². The van der Waals surface area contributed by atoms with E-state index in [-0.39, 0.29) is 11.6 Å². The number of hydrogen-bond donors (Lipinski definition) is 0. The molecule has 0 aliphatic rings. The number of halogens is 2. The zero-order chi connectivity index (χ0) is 45.6. The summed E-state index contributed by atoms with van der Waals surface area (Å²) in [6, 6.07) is 86.2. The summed E-state index contributed by atoms with van der Waals surface area (Å²) in [6.07, 6.45) is 0. The fraction of sp³-hybridized carbons (Fsp3) is 0. The van der Waals surface area contributed by atoms with Gasteiger partial charge in [-0.15, -0.1) is 0 Å². The summed E-state index contributed by atoms with van der Waals surface area (Å²) in [5, 5.41) is 5.36. The quantitative estimate of drug-likeness (QED) is 0.133. The lowest BCUT2D eigenvalue weighted by molar-refractivity contribution is 0.631. The van der Waals surface area contributed by atoms with E-state index in [0.717, 1.165) is 110 Å². The third kappa shape index (κ3) is 7.15. The van der Waals surface area contributed by atoms with Crippen LogP contribution in [0.3, 0.4) is 0 Å². The monoisotopic (exact) mass is 872 g/mol. The van der Waals surface area contributed by atoms with Crippen LogP contribution in [-0.4, -0.2) is 0 Å². The van der Waals surface area contributed by atoms with Crippen LogP contribution in [0.15, 0.2) is 255 Å². The van der Waals surface area contributed by atoms with Crippen LogP contribution in [0.2, 0.25) is 0 Å². The van der Waals surface area contributed by atoms with E-state index in [9.17, 15) is 0 Å². The van der Waals surface area contributed by atoms with Gasteiger partial charge >= 0.3 is 0 Å². The predicted molar refractivity (Wildman–Crippen MR) is 282 cm³/mol.